The summed E-state index contributed by atoms with van der Waals surface area (Å²) in [5.74, 6) is 0.0194. The molecule has 1 saturated heterocycles. The first-order chi connectivity index (χ1) is 13.8. The number of carbonyl (C=O) groups excluding carboxylic acids is 1. The highest BCUT2D eigenvalue weighted by Gasteiger charge is 2.33. The predicted octanol–water partition coefficient (Wildman–Crippen LogP) is 3.34. The van der Waals surface area contributed by atoms with Crippen LogP contribution < -0.4 is 0 Å². The van der Waals surface area contributed by atoms with E-state index in [-0.39, 0.29) is 29.2 Å². The number of alkyl halides is 2. The summed E-state index contributed by atoms with van der Waals surface area (Å²) in [5.41, 5.74) is 2.44. The second-order valence-electron chi connectivity index (χ2n) is 7.67. The average molecular weight is 400 g/mol. The number of aromatic nitrogens is 5. The number of nitrogens with zero attached hydrogens (tertiary/aromatic N) is 6. The number of halogens is 2. The zero-order valence-electron chi connectivity index (χ0n) is 16.5. The average Bonchev–Trinajstić information content (AvgIpc) is 3.15. The molecule has 29 heavy (non-hydrogen) atoms. The minimum Gasteiger partial charge on any atom is -0.337 e. The topological polar surface area (TPSA) is 76.3 Å². The lowest BCUT2D eigenvalue weighted by Crippen LogP contribution is -2.43. The third-order valence-corrected chi connectivity index (χ3v) is 5.47. The van der Waals surface area contributed by atoms with Crippen LogP contribution in [0.15, 0.2) is 24.5 Å². The van der Waals surface area contributed by atoms with Gasteiger partial charge in [-0.2, -0.15) is 10.1 Å². The Kier molecular flexibility index (Phi) is 4.97. The van der Waals surface area contributed by atoms with Gasteiger partial charge in [0.1, 0.15) is 17.7 Å². The van der Waals surface area contributed by atoms with Crippen LogP contribution >= 0.6 is 0 Å². The molecule has 4 heterocycles. The smallest absolute Gasteiger partial charge is 0.280 e. The summed E-state index contributed by atoms with van der Waals surface area (Å²) in [6, 6.07) is 5.08. The monoisotopic (exact) mass is 400 g/mol. The molecule has 0 spiro atoms. The van der Waals surface area contributed by atoms with Gasteiger partial charge in [-0.3, -0.25) is 4.79 Å². The van der Waals surface area contributed by atoms with Crippen LogP contribution in [0, 0.1) is 19.8 Å². The van der Waals surface area contributed by atoms with Crippen LogP contribution in [0.3, 0.4) is 0 Å². The molecule has 0 N–H and O–H groups in total. The Hall–Kier alpha value is -2.97. The number of carbonyl (C=O) groups is 1. The molecule has 4 rings (SSSR count). The first kappa shape index (κ1) is 19.4. The second kappa shape index (κ2) is 7.46. The van der Waals surface area contributed by atoms with Crippen molar-refractivity contribution in [3.05, 3.63) is 52.9 Å². The van der Waals surface area contributed by atoms with E-state index in [1.807, 2.05) is 19.9 Å². The van der Waals surface area contributed by atoms with Crippen molar-refractivity contribution in [2.75, 3.05) is 13.1 Å². The van der Waals surface area contributed by atoms with E-state index >= 15 is 0 Å². The Bertz CT molecular complexity index is 1050. The quantitative estimate of drug-likeness (QED) is 0.674. The molecule has 3 aromatic rings. The number of rotatable bonds is 3. The van der Waals surface area contributed by atoms with E-state index in [2.05, 4.69) is 27.0 Å². The van der Waals surface area contributed by atoms with Crippen molar-refractivity contribution in [1.82, 2.24) is 29.5 Å². The number of hydrogen-bond acceptors (Lipinski definition) is 5. The lowest BCUT2D eigenvalue weighted by molar-refractivity contribution is 0.0659. The summed E-state index contributed by atoms with van der Waals surface area (Å²) in [7, 11) is 0. The Labute approximate surface area is 166 Å². The number of hydrogen-bond donors (Lipinski definition) is 0. The largest absolute Gasteiger partial charge is 0.337 e. The Balaban J connectivity index is 1.69. The van der Waals surface area contributed by atoms with Gasteiger partial charge in [0.2, 0.25) is 0 Å². The third kappa shape index (κ3) is 3.68. The summed E-state index contributed by atoms with van der Waals surface area (Å²) in [5, 5.41) is 4.16. The molecule has 0 bridgehead atoms. The van der Waals surface area contributed by atoms with Gasteiger partial charge >= 0.3 is 0 Å². The first-order valence-corrected chi connectivity index (χ1v) is 9.56. The van der Waals surface area contributed by atoms with Gasteiger partial charge in [0.15, 0.2) is 0 Å². The highest BCUT2D eigenvalue weighted by Crippen LogP contribution is 2.34. The summed E-state index contributed by atoms with van der Waals surface area (Å²) in [6.07, 6.45) is -0.646. The predicted molar refractivity (Wildman–Crippen MR) is 102 cm³/mol. The minimum absolute atomic E-state index is 0.143. The maximum Gasteiger partial charge on any atom is 0.280 e. The van der Waals surface area contributed by atoms with Crippen molar-refractivity contribution >= 4 is 11.7 Å². The van der Waals surface area contributed by atoms with Crippen LogP contribution in [-0.2, 0) is 0 Å². The van der Waals surface area contributed by atoms with Gasteiger partial charge in [-0.1, -0.05) is 6.92 Å². The maximum absolute atomic E-state index is 13.4. The fourth-order valence-corrected chi connectivity index (χ4v) is 3.98. The highest BCUT2D eigenvalue weighted by molar-refractivity contribution is 5.92. The fourth-order valence-electron chi connectivity index (χ4n) is 3.98. The number of fused-ring (bicyclic) bond motifs is 1. The highest BCUT2D eigenvalue weighted by atomic mass is 19.3. The number of amides is 1. The van der Waals surface area contributed by atoms with Crippen LogP contribution in [-0.4, -0.2) is 48.5 Å². The van der Waals surface area contributed by atoms with Gasteiger partial charge in [0.25, 0.3) is 18.1 Å². The zero-order valence-corrected chi connectivity index (χ0v) is 16.5. The van der Waals surface area contributed by atoms with E-state index in [9.17, 15) is 13.6 Å². The number of pyridine rings is 1. The minimum atomic E-state index is -2.70. The van der Waals surface area contributed by atoms with E-state index in [4.69, 9.17) is 0 Å². The van der Waals surface area contributed by atoms with E-state index in [1.54, 1.807) is 11.0 Å². The summed E-state index contributed by atoms with van der Waals surface area (Å²) in [4.78, 5) is 27.1. The van der Waals surface area contributed by atoms with Crippen molar-refractivity contribution in [2.24, 2.45) is 5.92 Å². The summed E-state index contributed by atoms with van der Waals surface area (Å²) in [6.45, 7) is 6.84. The van der Waals surface area contributed by atoms with Gasteiger partial charge in [-0.15, -0.1) is 0 Å². The normalized spacial score (nSPS) is 19.9. The van der Waals surface area contributed by atoms with Crippen molar-refractivity contribution in [3.63, 3.8) is 0 Å². The van der Waals surface area contributed by atoms with Gasteiger partial charge < -0.3 is 4.90 Å². The molecule has 0 radical (unpaired) electrons. The first-order valence-electron chi connectivity index (χ1n) is 9.56. The van der Waals surface area contributed by atoms with Crippen molar-refractivity contribution in [1.29, 1.82) is 0 Å². The molecule has 152 valence electrons. The molecular weight excluding hydrogens is 378 g/mol. The van der Waals surface area contributed by atoms with Gasteiger partial charge in [-0.05, 0) is 49.9 Å². The van der Waals surface area contributed by atoms with E-state index in [0.717, 1.165) is 17.7 Å². The molecule has 0 saturated carbocycles. The molecule has 0 unspecified atom stereocenters. The van der Waals surface area contributed by atoms with E-state index in [0.29, 0.717) is 24.5 Å². The summed E-state index contributed by atoms with van der Waals surface area (Å²) < 4.78 is 28.2. The lowest BCUT2D eigenvalue weighted by atomic mass is 9.84. The molecule has 9 heteroatoms. The Morgan fingerprint density at radius 2 is 2.00 bits per heavy atom. The SMILES string of the molecule is Cc1cc(C)nc(C(=O)N2CC[C@@H](C)[C@H](c3cc(C(F)F)nc4ncnn34)C2)c1. The Morgan fingerprint density at radius 3 is 2.72 bits per heavy atom. The molecule has 2 atom stereocenters. The third-order valence-electron chi connectivity index (χ3n) is 5.47. The lowest BCUT2D eigenvalue weighted by Gasteiger charge is -2.37. The number of aryl methyl sites for hydroxylation is 2. The van der Waals surface area contributed by atoms with Crippen LogP contribution in [0.25, 0.3) is 5.78 Å². The maximum atomic E-state index is 13.4. The van der Waals surface area contributed by atoms with Gasteiger partial charge in [0.05, 0.1) is 5.69 Å². The van der Waals surface area contributed by atoms with Crippen molar-refractivity contribution in [3.8, 4) is 0 Å². The zero-order chi connectivity index (χ0) is 20.7. The number of likely N-dealkylation sites (tertiary alicyclic amines) is 1. The second-order valence-corrected chi connectivity index (χ2v) is 7.67. The molecule has 0 aromatic carbocycles. The van der Waals surface area contributed by atoms with Crippen LogP contribution in [0.1, 0.15) is 58.8 Å². The van der Waals surface area contributed by atoms with Crippen molar-refractivity contribution < 1.29 is 13.6 Å². The molecular formula is C20H22F2N6O. The van der Waals surface area contributed by atoms with Crippen LogP contribution in [0.2, 0.25) is 0 Å². The molecule has 7 nitrogen and oxygen atoms in total. The molecule has 1 aliphatic rings. The van der Waals surface area contributed by atoms with E-state index < -0.39 is 6.43 Å². The molecule has 1 aliphatic heterocycles. The molecule has 3 aromatic heterocycles. The summed E-state index contributed by atoms with van der Waals surface area (Å²) >= 11 is 0. The van der Waals surface area contributed by atoms with Crippen LogP contribution in [0.5, 0.6) is 0 Å². The van der Waals surface area contributed by atoms with E-state index in [1.165, 1.54) is 16.9 Å². The van der Waals surface area contributed by atoms with Crippen molar-refractivity contribution in [2.45, 2.75) is 39.5 Å². The van der Waals surface area contributed by atoms with Crippen LogP contribution in [0.4, 0.5) is 8.78 Å². The molecule has 1 fully saturated rings. The standard InChI is InChI=1S/C20H22F2N6O/c1-11-6-13(3)25-16(7-11)19(29)27-5-4-12(2)14(9-27)17-8-15(18(21)22)26-20-23-10-24-28(17)20/h6-8,10,12,14,18H,4-5,9H2,1-3H3/t12-,14-/m1/s1. The Morgan fingerprint density at radius 1 is 1.21 bits per heavy atom. The molecule has 1 amide bonds. The fraction of sp³-hybridized carbons (Fsp3) is 0.450. The van der Waals surface area contributed by atoms with Gasteiger partial charge in [0, 0.05) is 24.7 Å². The molecule has 0 aliphatic carbocycles. The van der Waals surface area contributed by atoms with Gasteiger partial charge in [-0.25, -0.2) is 23.3 Å². The number of piperidine rings is 1.